The number of hydrogen-bond donors (Lipinski definition) is 11. The van der Waals surface area contributed by atoms with Crippen LogP contribution in [-0.4, -0.2) is 119 Å². The van der Waals surface area contributed by atoms with Gasteiger partial charge in [-0.1, -0.05) is 60.7 Å². The van der Waals surface area contributed by atoms with Gasteiger partial charge in [-0.05, 0) is 65.1 Å². The number of para-hydroxylation sites is 1. The normalized spacial score (nSPS) is 13.4. The Morgan fingerprint density at radius 2 is 1.21 bits per heavy atom. The average Bonchev–Trinajstić information content (AvgIpc) is 3.71. The second kappa shape index (κ2) is 24.2. The van der Waals surface area contributed by atoms with Crippen LogP contribution in [0.2, 0.25) is 0 Å². The van der Waals surface area contributed by atoms with E-state index in [1.54, 1.807) is 54.7 Å². The summed E-state index contributed by atoms with van der Waals surface area (Å²) in [4.78, 5) is 118. The van der Waals surface area contributed by atoms with Crippen molar-refractivity contribution in [2.24, 2.45) is 5.73 Å². The molecule has 70 heavy (non-hydrogen) atoms. The van der Waals surface area contributed by atoms with Gasteiger partial charge in [0.05, 0.1) is 17.9 Å². The third kappa shape index (κ3) is 15.4. The lowest BCUT2D eigenvalue weighted by molar-refractivity contribution is -0.140. The van der Waals surface area contributed by atoms with Crippen molar-refractivity contribution in [1.29, 1.82) is 0 Å². The lowest BCUT2D eigenvalue weighted by Crippen LogP contribution is -2.58. The number of sulfonamides is 1. The van der Waals surface area contributed by atoms with E-state index >= 15 is 0 Å². The van der Waals surface area contributed by atoms with Gasteiger partial charge in [-0.2, -0.15) is 4.72 Å². The number of halogens is 1. The van der Waals surface area contributed by atoms with E-state index in [1.165, 1.54) is 30.3 Å². The number of fused-ring (bicyclic) bond motifs is 2. The molecule has 0 saturated heterocycles. The maximum Gasteiger partial charge on any atom is 0.305 e. The zero-order valence-corrected chi connectivity index (χ0v) is 37.8. The molecule has 0 unspecified atom stereocenters. The van der Waals surface area contributed by atoms with Crippen LogP contribution in [0, 0.1) is 5.82 Å². The molecule has 12 N–H and O–H groups in total. The molecule has 0 bridgehead atoms. The van der Waals surface area contributed by atoms with Crippen molar-refractivity contribution in [1.82, 2.24) is 36.3 Å². The van der Waals surface area contributed by atoms with Crippen molar-refractivity contribution in [2.75, 3.05) is 6.54 Å². The van der Waals surface area contributed by atoms with Crippen LogP contribution < -0.4 is 37.0 Å². The van der Waals surface area contributed by atoms with Gasteiger partial charge in [-0.15, -0.1) is 0 Å². The number of carboxylic acids is 3. The van der Waals surface area contributed by atoms with Crippen LogP contribution in [0.5, 0.6) is 0 Å². The molecule has 1 heterocycles. The summed E-state index contributed by atoms with van der Waals surface area (Å²) in [7, 11) is -4.57. The molecule has 0 aliphatic carbocycles. The van der Waals surface area contributed by atoms with E-state index in [0.29, 0.717) is 27.2 Å². The molecular weight excluding hydrogens is 940 g/mol. The second-order valence-electron chi connectivity index (χ2n) is 16.0. The zero-order chi connectivity index (χ0) is 51.1. The molecule has 22 nitrogen and oxygen atoms in total. The third-order valence-corrected chi connectivity index (χ3v) is 12.2. The molecule has 24 heteroatoms. The molecular formula is C46H49FN8O14S. The Bertz CT molecular complexity index is 2910. The highest BCUT2D eigenvalue weighted by Gasteiger charge is 2.33. The minimum atomic E-state index is -4.57. The molecule has 5 aromatic rings. The van der Waals surface area contributed by atoms with Gasteiger partial charge >= 0.3 is 17.9 Å². The molecule has 5 atom stereocenters. The van der Waals surface area contributed by atoms with Crippen molar-refractivity contribution in [3.8, 4) is 0 Å². The number of aromatic nitrogens is 1. The minimum Gasteiger partial charge on any atom is -0.481 e. The summed E-state index contributed by atoms with van der Waals surface area (Å²) in [5.74, 6) is -11.6. The molecule has 4 aromatic carbocycles. The zero-order valence-electron chi connectivity index (χ0n) is 37.0. The SMILES string of the molecule is NC(=O)[C@H](CCC(=O)O)NC(=O)[C@H](Cc1c[nH]c2ccccc12)NC(=O)[C@H](Cc1cccc(F)c1)NC(=O)CNC(=O)[C@H](CCC(=O)O)NC(=O)[C@@H](CC(=O)O)NS(=O)(=O)c1ccc2ccccc2c1. The lowest BCUT2D eigenvalue weighted by atomic mass is 10.0. The number of aliphatic carboxylic acids is 3. The van der Waals surface area contributed by atoms with Crippen molar-refractivity contribution >= 4 is 85.0 Å². The van der Waals surface area contributed by atoms with Crippen LogP contribution >= 0.6 is 0 Å². The number of amides is 6. The van der Waals surface area contributed by atoms with Crippen molar-refractivity contribution in [3.63, 3.8) is 0 Å². The first-order valence-corrected chi connectivity index (χ1v) is 22.9. The Morgan fingerprint density at radius 1 is 0.614 bits per heavy atom. The highest BCUT2D eigenvalue weighted by molar-refractivity contribution is 7.89. The molecule has 1 aromatic heterocycles. The van der Waals surface area contributed by atoms with Gasteiger partial charge in [0.2, 0.25) is 45.5 Å². The summed E-state index contributed by atoms with van der Waals surface area (Å²) in [6.07, 6.45) is -2.44. The van der Waals surface area contributed by atoms with Gasteiger partial charge in [-0.3, -0.25) is 43.2 Å². The Balaban J connectivity index is 1.34. The maximum atomic E-state index is 14.4. The first-order chi connectivity index (χ1) is 33.2. The standard InChI is InChI=1S/C46H49FN8O14S/c47-29-9-5-6-25(18-29)19-35(44(65)54-36(21-28-23-49-32-11-4-3-10-31(28)32)45(66)52-33(42(48)63)14-16-39(57)58)51-38(56)24-50-43(64)34(15-17-40(59)60)53-46(67)37(22-41(61)62)55-70(68,69)30-13-12-26-7-1-2-8-27(26)20-30/h1-13,18,20,23,33-37,49,55H,14-17,19,21-22,24H2,(H2,48,63)(H,50,64)(H,51,56)(H,52,66)(H,53,67)(H,54,65)(H,57,58)(H,59,60)(H,61,62)/t33-,34-,35-,36-,37+/m0/s1. The number of nitrogens with two attached hydrogens (primary N) is 1. The summed E-state index contributed by atoms with van der Waals surface area (Å²) >= 11 is 0. The number of benzene rings is 4. The number of nitrogens with one attached hydrogen (secondary N) is 7. The minimum absolute atomic E-state index is 0.188. The first kappa shape index (κ1) is 52.7. The Hall–Kier alpha value is -8.25. The van der Waals surface area contributed by atoms with E-state index < -0.39 is 138 Å². The molecule has 370 valence electrons. The molecule has 0 aliphatic rings. The van der Waals surface area contributed by atoms with Crippen LogP contribution in [0.3, 0.4) is 0 Å². The molecule has 6 amide bonds. The molecule has 0 saturated carbocycles. The number of carboxylic acid groups (broad SMARTS) is 3. The van der Waals surface area contributed by atoms with Gasteiger partial charge in [0.25, 0.3) is 0 Å². The van der Waals surface area contributed by atoms with E-state index in [4.69, 9.17) is 5.73 Å². The first-order valence-electron chi connectivity index (χ1n) is 21.4. The number of carbonyl (C=O) groups excluding carboxylic acids is 6. The number of carbonyl (C=O) groups is 9. The Morgan fingerprint density at radius 3 is 1.87 bits per heavy atom. The fourth-order valence-corrected chi connectivity index (χ4v) is 8.46. The third-order valence-electron chi connectivity index (χ3n) is 10.7. The lowest BCUT2D eigenvalue weighted by Gasteiger charge is -2.25. The fraction of sp³-hybridized carbons (Fsp3) is 0.283. The molecule has 5 rings (SSSR count). The van der Waals surface area contributed by atoms with E-state index in [0.717, 1.165) is 12.1 Å². The molecule has 0 spiro atoms. The monoisotopic (exact) mass is 988 g/mol. The smallest absolute Gasteiger partial charge is 0.305 e. The highest BCUT2D eigenvalue weighted by Crippen LogP contribution is 2.21. The van der Waals surface area contributed by atoms with E-state index in [-0.39, 0.29) is 23.3 Å². The Labute approximate surface area is 398 Å². The van der Waals surface area contributed by atoms with Gasteiger partial charge in [0.15, 0.2) is 0 Å². The summed E-state index contributed by atoms with van der Waals surface area (Å²) in [6.45, 7) is -0.943. The Kier molecular flexibility index (Phi) is 18.2. The van der Waals surface area contributed by atoms with Crippen molar-refractivity contribution in [3.05, 3.63) is 114 Å². The van der Waals surface area contributed by atoms with Crippen LogP contribution in [0.4, 0.5) is 4.39 Å². The summed E-state index contributed by atoms with van der Waals surface area (Å²) < 4.78 is 43.1. The number of primary amides is 1. The topological polar surface area (TPSA) is 362 Å². The number of hydrogen-bond acceptors (Lipinski definition) is 11. The van der Waals surface area contributed by atoms with Crippen molar-refractivity contribution in [2.45, 2.75) is 80.1 Å². The predicted molar refractivity (Wildman–Crippen MR) is 246 cm³/mol. The molecule has 0 fully saturated rings. The molecule has 0 radical (unpaired) electrons. The van der Waals surface area contributed by atoms with E-state index in [1.807, 2.05) is 4.72 Å². The summed E-state index contributed by atoms with van der Waals surface area (Å²) in [5.41, 5.74) is 6.83. The number of aromatic amines is 1. The van der Waals surface area contributed by atoms with Crippen LogP contribution in [0.15, 0.2) is 102 Å². The van der Waals surface area contributed by atoms with Gasteiger partial charge in [0, 0.05) is 42.8 Å². The number of H-pyrrole nitrogens is 1. The average molecular weight is 989 g/mol. The highest BCUT2D eigenvalue weighted by atomic mass is 32.2. The quantitative estimate of drug-likeness (QED) is 0.0356. The van der Waals surface area contributed by atoms with Gasteiger partial charge < -0.3 is 52.6 Å². The van der Waals surface area contributed by atoms with Gasteiger partial charge in [-0.25, -0.2) is 12.8 Å². The van der Waals surface area contributed by atoms with Crippen LogP contribution in [0.25, 0.3) is 21.7 Å². The van der Waals surface area contributed by atoms with E-state index in [9.17, 15) is 71.3 Å². The fourth-order valence-electron chi connectivity index (χ4n) is 7.23. The second-order valence-corrected chi connectivity index (χ2v) is 17.7. The van der Waals surface area contributed by atoms with Gasteiger partial charge in [0.1, 0.15) is 36.0 Å². The van der Waals surface area contributed by atoms with Crippen LogP contribution in [-0.2, 0) is 66.0 Å². The maximum absolute atomic E-state index is 14.4. The van der Waals surface area contributed by atoms with E-state index in [2.05, 4.69) is 31.6 Å². The predicted octanol–water partition coefficient (Wildman–Crippen LogP) is 0.338. The summed E-state index contributed by atoms with van der Waals surface area (Å²) in [6, 6.07) is 14.3. The number of rotatable bonds is 26. The largest absolute Gasteiger partial charge is 0.481 e. The van der Waals surface area contributed by atoms with Crippen LogP contribution in [0.1, 0.15) is 43.2 Å². The van der Waals surface area contributed by atoms with Crippen molar-refractivity contribution < 1.29 is 71.3 Å². The molecule has 0 aliphatic heterocycles. The summed E-state index contributed by atoms with van der Waals surface area (Å²) in [5, 5.41) is 41.7.